The molecular weight excluding hydrogens is 400 g/mol. The predicted molar refractivity (Wildman–Crippen MR) is 127 cm³/mol. The molecule has 0 spiro atoms. The highest BCUT2D eigenvalue weighted by atomic mass is 16.2. The van der Waals surface area contributed by atoms with Crippen LogP contribution in [0.3, 0.4) is 0 Å². The van der Waals surface area contributed by atoms with Crippen LogP contribution in [0.1, 0.15) is 28.8 Å². The lowest BCUT2D eigenvalue weighted by Crippen LogP contribution is -2.33. The highest BCUT2D eigenvalue weighted by Gasteiger charge is 2.21. The molecule has 2 amide bonds. The zero-order valence-corrected chi connectivity index (χ0v) is 18.1. The van der Waals surface area contributed by atoms with Crippen LogP contribution >= 0.6 is 0 Å². The summed E-state index contributed by atoms with van der Waals surface area (Å²) in [5.74, 6) is 1.21. The number of H-pyrrole nitrogens is 1. The van der Waals surface area contributed by atoms with Gasteiger partial charge >= 0.3 is 6.03 Å². The van der Waals surface area contributed by atoms with Crippen molar-refractivity contribution in [1.82, 2.24) is 20.5 Å². The van der Waals surface area contributed by atoms with Crippen LogP contribution < -0.4 is 15.5 Å². The van der Waals surface area contributed by atoms with Crippen molar-refractivity contribution in [3.8, 4) is 0 Å². The van der Waals surface area contributed by atoms with Gasteiger partial charge in [-0.15, -0.1) is 0 Å². The van der Waals surface area contributed by atoms with Crippen molar-refractivity contribution in [1.29, 1.82) is 0 Å². The van der Waals surface area contributed by atoms with Gasteiger partial charge in [-0.1, -0.05) is 60.7 Å². The van der Waals surface area contributed by atoms with E-state index >= 15 is 0 Å². The summed E-state index contributed by atoms with van der Waals surface area (Å²) >= 11 is 0. The van der Waals surface area contributed by atoms with E-state index in [0.717, 1.165) is 17.8 Å². The number of rotatable bonds is 7. The summed E-state index contributed by atoms with van der Waals surface area (Å²) in [5.41, 5.74) is 3.92. The molecule has 0 fully saturated rings. The molecule has 3 N–H and O–H groups in total. The summed E-state index contributed by atoms with van der Waals surface area (Å²) < 4.78 is 0. The van der Waals surface area contributed by atoms with Gasteiger partial charge in [0.15, 0.2) is 5.82 Å². The molecule has 0 radical (unpaired) electrons. The number of carbonyl (C=O) groups excluding carboxylic acids is 1. The molecule has 0 saturated carbocycles. The Morgan fingerprint density at radius 3 is 2.25 bits per heavy atom. The highest BCUT2D eigenvalue weighted by Crippen LogP contribution is 2.21. The number of aromatic amines is 1. The van der Waals surface area contributed by atoms with Gasteiger partial charge in [-0.3, -0.25) is 5.10 Å². The molecule has 3 aromatic carbocycles. The second kappa shape index (κ2) is 9.78. The summed E-state index contributed by atoms with van der Waals surface area (Å²) in [6, 6.07) is 26.9. The van der Waals surface area contributed by atoms with Gasteiger partial charge in [-0.05, 0) is 42.3 Å². The molecule has 1 atom stereocenters. The van der Waals surface area contributed by atoms with E-state index in [1.807, 2.05) is 86.8 Å². The minimum Gasteiger partial charge on any atom is -0.370 e. The summed E-state index contributed by atoms with van der Waals surface area (Å²) in [4.78, 5) is 19.3. The molecule has 0 aliphatic rings. The fourth-order valence-corrected chi connectivity index (χ4v) is 3.48. The summed E-state index contributed by atoms with van der Waals surface area (Å²) in [6.45, 7) is 2.64. The number of amides is 2. The Hall–Kier alpha value is -4.13. The maximum Gasteiger partial charge on any atom is 0.320 e. The molecule has 0 aliphatic heterocycles. The van der Waals surface area contributed by atoms with Crippen molar-refractivity contribution >= 4 is 17.4 Å². The van der Waals surface area contributed by atoms with Crippen LogP contribution in [0.4, 0.5) is 16.2 Å². The van der Waals surface area contributed by atoms with Crippen molar-refractivity contribution in [2.75, 3.05) is 17.3 Å². The van der Waals surface area contributed by atoms with E-state index in [4.69, 9.17) is 0 Å². The maximum atomic E-state index is 12.7. The number of carbonyl (C=O) groups is 1. The Kier molecular flexibility index (Phi) is 6.46. The highest BCUT2D eigenvalue weighted by molar-refractivity contribution is 5.90. The molecule has 1 unspecified atom stereocenters. The number of nitrogens with one attached hydrogen (secondary N) is 3. The lowest BCUT2D eigenvalue weighted by molar-refractivity contribution is 0.249. The van der Waals surface area contributed by atoms with Gasteiger partial charge < -0.3 is 15.5 Å². The smallest absolute Gasteiger partial charge is 0.320 e. The van der Waals surface area contributed by atoms with Crippen LogP contribution in [-0.2, 0) is 6.54 Å². The van der Waals surface area contributed by atoms with Gasteiger partial charge in [0.25, 0.3) is 0 Å². The molecule has 7 nitrogen and oxygen atoms in total. The average molecular weight is 427 g/mol. The monoisotopic (exact) mass is 426 g/mol. The van der Waals surface area contributed by atoms with Gasteiger partial charge in [0.05, 0.1) is 0 Å². The molecule has 0 aliphatic carbocycles. The van der Waals surface area contributed by atoms with E-state index in [1.165, 1.54) is 5.56 Å². The summed E-state index contributed by atoms with van der Waals surface area (Å²) in [5, 5.41) is 12.9. The Morgan fingerprint density at radius 2 is 1.62 bits per heavy atom. The number of aryl methyl sites for hydroxylation is 1. The second-order valence-corrected chi connectivity index (χ2v) is 7.61. The molecule has 4 rings (SSSR count). The van der Waals surface area contributed by atoms with Gasteiger partial charge in [0.1, 0.15) is 11.9 Å². The van der Waals surface area contributed by atoms with Crippen LogP contribution in [0.2, 0.25) is 0 Å². The van der Waals surface area contributed by atoms with Crippen LogP contribution in [0, 0.1) is 6.92 Å². The first-order valence-corrected chi connectivity index (χ1v) is 10.4. The largest absolute Gasteiger partial charge is 0.370 e. The van der Waals surface area contributed by atoms with E-state index in [2.05, 4.69) is 42.8 Å². The molecule has 0 bridgehead atoms. The SMILES string of the molecule is Cc1nc(C(NC(=O)Nc2ccc(N(C)Cc3ccccc3)cc2)c2ccccc2)n[nH]1. The number of benzene rings is 3. The second-order valence-electron chi connectivity index (χ2n) is 7.61. The number of urea groups is 1. The lowest BCUT2D eigenvalue weighted by atomic mass is 10.1. The number of aromatic nitrogens is 3. The quantitative estimate of drug-likeness (QED) is 0.401. The van der Waals surface area contributed by atoms with Crippen molar-refractivity contribution < 1.29 is 4.79 Å². The van der Waals surface area contributed by atoms with Crippen molar-refractivity contribution in [2.45, 2.75) is 19.5 Å². The molecule has 4 aromatic rings. The van der Waals surface area contributed by atoms with Crippen LogP contribution in [-0.4, -0.2) is 28.3 Å². The van der Waals surface area contributed by atoms with E-state index < -0.39 is 6.04 Å². The fraction of sp³-hybridized carbons (Fsp3) is 0.160. The van der Waals surface area contributed by atoms with Crippen molar-refractivity contribution in [3.63, 3.8) is 0 Å². The molecule has 162 valence electrons. The number of hydrogen-bond donors (Lipinski definition) is 3. The third-order valence-electron chi connectivity index (χ3n) is 5.11. The van der Waals surface area contributed by atoms with Crippen LogP contribution in [0.15, 0.2) is 84.9 Å². The normalized spacial score (nSPS) is 11.6. The predicted octanol–water partition coefficient (Wildman–Crippen LogP) is 4.66. The Bertz CT molecular complexity index is 1140. The molecule has 0 saturated heterocycles. The third kappa shape index (κ3) is 5.31. The van der Waals surface area contributed by atoms with E-state index in [0.29, 0.717) is 17.3 Å². The zero-order valence-electron chi connectivity index (χ0n) is 18.1. The van der Waals surface area contributed by atoms with Gasteiger partial charge in [0, 0.05) is 25.0 Å². The minimum atomic E-state index is -0.461. The number of hydrogen-bond acceptors (Lipinski definition) is 4. The minimum absolute atomic E-state index is 0.327. The van der Waals surface area contributed by atoms with Crippen molar-refractivity contribution in [2.24, 2.45) is 0 Å². The van der Waals surface area contributed by atoms with E-state index in [9.17, 15) is 4.79 Å². The zero-order chi connectivity index (χ0) is 22.3. The number of anilines is 2. The standard InChI is InChI=1S/C25H26N6O/c1-18-26-24(30-29-18)23(20-11-7-4-8-12-20)28-25(32)27-21-13-15-22(16-14-21)31(2)17-19-9-5-3-6-10-19/h3-16,23H,17H2,1-2H3,(H,26,29,30)(H2,27,28,32). The van der Waals surface area contributed by atoms with Crippen molar-refractivity contribution in [3.05, 3.63) is 108 Å². The first-order valence-electron chi connectivity index (χ1n) is 10.4. The topological polar surface area (TPSA) is 85.9 Å². The van der Waals surface area contributed by atoms with Gasteiger partial charge in [-0.25, -0.2) is 9.78 Å². The van der Waals surface area contributed by atoms with Crippen LogP contribution in [0.25, 0.3) is 0 Å². The third-order valence-corrected chi connectivity index (χ3v) is 5.11. The molecule has 32 heavy (non-hydrogen) atoms. The molecule has 1 heterocycles. The molecular formula is C25H26N6O. The van der Waals surface area contributed by atoms with Gasteiger partial charge in [-0.2, -0.15) is 5.10 Å². The average Bonchev–Trinajstić information content (AvgIpc) is 3.25. The van der Waals surface area contributed by atoms with Gasteiger partial charge in [0.2, 0.25) is 0 Å². The molecule has 1 aromatic heterocycles. The van der Waals surface area contributed by atoms with E-state index in [1.54, 1.807) is 0 Å². The summed E-state index contributed by atoms with van der Waals surface area (Å²) in [7, 11) is 2.05. The molecule has 7 heteroatoms. The maximum absolute atomic E-state index is 12.7. The first-order chi connectivity index (χ1) is 15.6. The summed E-state index contributed by atoms with van der Waals surface area (Å²) in [6.07, 6.45) is 0. The van der Waals surface area contributed by atoms with Crippen LogP contribution in [0.5, 0.6) is 0 Å². The Balaban J connectivity index is 1.41. The van der Waals surface area contributed by atoms with E-state index in [-0.39, 0.29) is 6.03 Å². The Morgan fingerprint density at radius 1 is 0.969 bits per heavy atom. The lowest BCUT2D eigenvalue weighted by Gasteiger charge is -2.20. The Labute approximate surface area is 187 Å². The fourth-order valence-electron chi connectivity index (χ4n) is 3.48. The number of nitrogens with zero attached hydrogens (tertiary/aromatic N) is 3. The first kappa shape index (κ1) is 21.1.